The smallest absolute Gasteiger partial charge is 0.119 e. The lowest BCUT2D eigenvalue weighted by Crippen LogP contribution is -2.25. The quantitative estimate of drug-likeness (QED) is 0.784. The van der Waals surface area contributed by atoms with Crippen LogP contribution in [0.4, 0.5) is 0 Å². The molecule has 1 N–H and O–H groups in total. The van der Waals surface area contributed by atoms with Gasteiger partial charge in [-0.2, -0.15) is 0 Å². The molecule has 0 aliphatic heterocycles. The van der Waals surface area contributed by atoms with Gasteiger partial charge in [0.1, 0.15) is 5.75 Å². The molecular formula is C19H25NO. The summed E-state index contributed by atoms with van der Waals surface area (Å²) in [5.41, 5.74) is 2.71. The summed E-state index contributed by atoms with van der Waals surface area (Å²) in [4.78, 5) is 0. The normalized spacial score (nSPS) is 12.1. The molecule has 0 saturated carbocycles. The molecule has 0 unspecified atom stereocenters. The third kappa shape index (κ3) is 5.60. The van der Waals surface area contributed by atoms with Crippen LogP contribution in [-0.2, 0) is 13.0 Å². The molecule has 21 heavy (non-hydrogen) atoms. The highest BCUT2D eigenvalue weighted by molar-refractivity contribution is 5.27. The molecule has 0 fully saturated rings. The van der Waals surface area contributed by atoms with E-state index in [1.165, 1.54) is 11.1 Å². The Hall–Kier alpha value is -1.80. The van der Waals surface area contributed by atoms with Crippen molar-refractivity contribution in [3.8, 4) is 5.75 Å². The highest BCUT2D eigenvalue weighted by Crippen LogP contribution is 2.12. The Morgan fingerprint density at radius 1 is 0.952 bits per heavy atom. The molecule has 112 valence electrons. The van der Waals surface area contributed by atoms with Crippen LogP contribution in [0.2, 0.25) is 0 Å². The van der Waals surface area contributed by atoms with Crippen molar-refractivity contribution >= 4 is 0 Å². The largest absolute Gasteiger partial charge is 0.494 e. The van der Waals surface area contributed by atoms with Gasteiger partial charge >= 0.3 is 0 Å². The van der Waals surface area contributed by atoms with Gasteiger partial charge in [0.2, 0.25) is 0 Å². The van der Waals surface area contributed by atoms with E-state index in [0.717, 1.165) is 25.1 Å². The molecule has 1 atom stereocenters. The van der Waals surface area contributed by atoms with E-state index in [4.69, 9.17) is 4.74 Å². The van der Waals surface area contributed by atoms with Crippen LogP contribution >= 0.6 is 0 Å². The summed E-state index contributed by atoms with van der Waals surface area (Å²) in [5, 5.41) is 3.58. The van der Waals surface area contributed by atoms with Crippen molar-refractivity contribution < 1.29 is 4.74 Å². The Labute approximate surface area is 128 Å². The van der Waals surface area contributed by atoms with Crippen molar-refractivity contribution in [1.82, 2.24) is 5.32 Å². The first-order chi connectivity index (χ1) is 10.3. The van der Waals surface area contributed by atoms with Crippen LogP contribution in [0.25, 0.3) is 0 Å². The first-order valence-corrected chi connectivity index (χ1v) is 7.77. The van der Waals surface area contributed by atoms with Gasteiger partial charge < -0.3 is 10.1 Å². The van der Waals surface area contributed by atoms with Crippen molar-refractivity contribution in [3.63, 3.8) is 0 Å². The average molecular weight is 283 g/mol. The second-order valence-electron chi connectivity index (χ2n) is 5.38. The Bertz CT molecular complexity index is 507. The van der Waals surface area contributed by atoms with Gasteiger partial charge in [0.15, 0.2) is 0 Å². The molecule has 2 nitrogen and oxygen atoms in total. The number of hydrogen-bond acceptors (Lipinski definition) is 2. The molecule has 2 aromatic carbocycles. The SMILES string of the molecule is CCOc1ccc(CN[C@H](C)CCc2ccccc2)cc1. The second kappa shape index (κ2) is 8.48. The lowest BCUT2D eigenvalue weighted by atomic mass is 10.1. The maximum atomic E-state index is 5.45. The number of rotatable bonds is 8. The van der Waals surface area contributed by atoms with E-state index in [2.05, 4.69) is 54.7 Å². The molecule has 0 aliphatic rings. The maximum absolute atomic E-state index is 5.45. The fraction of sp³-hybridized carbons (Fsp3) is 0.368. The molecule has 0 aliphatic carbocycles. The van der Waals surface area contributed by atoms with E-state index in [-0.39, 0.29) is 0 Å². The summed E-state index contributed by atoms with van der Waals surface area (Å²) >= 11 is 0. The van der Waals surface area contributed by atoms with Crippen molar-refractivity contribution in [3.05, 3.63) is 65.7 Å². The van der Waals surface area contributed by atoms with Crippen LogP contribution in [0.1, 0.15) is 31.4 Å². The van der Waals surface area contributed by atoms with Gasteiger partial charge in [-0.25, -0.2) is 0 Å². The van der Waals surface area contributed by atoms with Crippen molar-refractivity contribution in [2.24, 2.45) is 0 Å². The predicted octanol–water partition coefficient (Wildman–Crippen LogP) is 4.20. The van der Waals surface area contributed by atoms with Crippen molar-refractivity contribution in [2.75, 3.05) is 6.61 Å². The summed E-state index contributed by atoms with van der Waals surface area (Å²) in [7, 11) is 0. The Morgan fingerprint density at radius 2 is 1.67 bits per heavy atom. The second-order valence-corrected chi connectivity index (χ2v) is 5.38. The van der Waals surface area contributed by atoms with Gasteiger partial charge in [-0.05, 0) is 49.9 Å². The van der Waals surface area contributed by atoms with Crippen molar-refractivity contribution in [1.29, 1.82) is 0 Å². The zero-order chi connectivity index (χ0) is 14.9. The number of benzene rings is 2. The van der Waals surface area contributed by atoms with Crippen LogP contribution < -0.4 is 10.1 Å². The van der Waals surface area contributed by atoms with E-state index in [1.54, 1.807) is 0 Å². The maximum Gasteiger partial charge on any atom is 0.119 e. The molecule has 0 bridgehead atoms. The van der Waals surface area contributed by atoms with E-state index < -0.39 is 0 Å². The van der Waals surface area contributed by atoms with Crippen molar-refractivity contribution in [2.45, 2.75) is 39.3 Å². The van der Waals surface area contributed by atoms with E-state index in [1.807, 2.05) is 19.1 Å². The van der Waals surface area contributed by atoms with Crippen LogP contribution in [0.5, 0.6) is 5.75 Å². The molecule has 0 saturated heterocycles. The van der Waals surface area contributed by atoms with Gasteiger partial charge in [-0.3, -0.25) is 0 Å². The van der Waals surface area contributed by atoms with Gasteiger partial charge in [0.05, 0.1) is 6.61 Å². The number of aryl methyl sites for hydroxylation is 1. The Balaban J connectivity index is 1.72. The average Bonchev–Trinajstić information content (AvgIpc) is 2.53. The zero-order valence-corrected chi connectivity index (χ0v) is 13.0. The minimum Gasteiger partial charge on any atom is -0.494 e. The highest BCUT2D eigenvalue weighted by Gasteiger charge is 2.02. The van der Waals surface area contributed by atoms with Gasteiger partial charge in [0, 0.05) is 12.6 Å². The molecule has 0 radical (unpaired) electrons. The summed E-state index contributed by atoms with van der Waals surface area (Å²) in [6.45, 7) is 5.87. The summed E-state index contributed by atoms with van der Waals surface area (Å²) in [6.07, 6.45) is 2.28. The molecule has 2 aromatic rings. The highest BCUT2D eigenvalue weighted by atomic mass is 16.5. The van der Waals surface area contributed by atoms with Gasteiger partial charge in [0.25, 0.3) is 0 Å². The third-order valence-corrected chi connectivity index (χ3v) is 3.60. The lowest BCUT2D eigenvalue weighted by molar-refractivity contribution is 0.340. The van der Waals surface area contributed by atoms with E-state index in [0.29, 0.717) is 12.6 Å². The monoisotopic (exact) mass is 283 g/mol. The first kappa shape index (κ1) is 15.6. The van der Waals surface area contributed by atoms with Crippen LogP contribution in [0.15, 0.2) is 54.6 Å². The fourth-order valence-corrected chi connectivity index (χ4v) is 2.29. The zero-order valence-electron chi connectivity index (χ0n) is 13.0. The minimum atomic E-state index is 0.511. The molecule has 0 aromatic heterocycles. The molecule has 2 heteroatoms. The third-order valence-electron chi connectivity index (χ3n) is 3.60. The summed E-state index contributed by atoms with van der Waals surface area (Å²) < 4.78 is 5.45. The summed E-state index contributed by atoms with van der Waals surface area (Å²) in [6, 6.07) is 19.5. The topological polar surface area (TPSA) is 21.3 Å². The van der Waals surface area contributed by atoms with E-state index >= 15 is 0 Å². The van der Waals surface area contributed by atoms with Crippen LogP contribution in [-0.4, -0.2) is 12.6 Å². The van der Waals surface area contributed by atoms with E-state index in [9.17, 15) is 0 Å². The number of ether oxygens (including phenoxy) is 1. The molecule has 2 rings (SSSR count). The number of hydrogen-bond donors (Lipinski definition) is 1. The van der Waals surface area contributed by atoms with Gasteiger partial charge in [-0.1, -0.05) is 42.5 Å². The molecule has 0 spiro atoms. The number of nitrogens with one attached hydrogen (secondary N) is 1. The fourth-order valence-electron chi connectivity index (χ4n) is 2.29. The lowest BCUT2D eigenvalue weighted by Gasteiger charge is -2.14. The molecule has 0 heterocycles. The summed E-state index contributed by atoms with van der Waals surface area (Å²) in [5.74, 6) is 0.943. The van der Waals surface area contributed by atoms with Crippen LogP contribution in [0, 0.1) is 0 Å². The van der Waals surface area contributed by atoms with Crippen LogP contribution in [0.3, 0.4) is 0 Å². The Morgan fingerprint density at radius 3 is 2.33 bits per heavy atom. The predicted molar refractivity (Wildman–Crippen MR) is 88.7 cm³/mol. The van der Waals surface area contributed by atoms with Gasteiger partial charge in [-0.15, -0.1) is 0 Å². The minimum absolute atomic E-state index is 0.511. The molecular weight excluding hydrogens is 258 g/mol. The standard InChI is InChI=1S/C19H25NO/c1-3-21-19-13-11-18(12-14-19)15-20-16(2)9-10-17-7-5-4-6-8-17/h4-8,11-14,16,20H,3,9-10,15H2,1-2H3/t16-/m1/s1. The Kier molecular flexibility index (Phi) is 6.29. The molecule has 0 amide bonds. The first-order valence-electron chi connectivity index (χ1n) is 7.77.